The Kier molecular flexibility index (Phi) is 3.42. The first-order valence-electron chi connectivity index (χ1n) is 4.23. The summed E-state index contributed by atoms with van der Waals surface area (Å²) in [5, 5.41) is 11.5. The van der Waals surface area contributed by atoms with Crippen LogP contribution in [0.1, 0.15) is 31.2 Å². The highest BCUT2D eigenvalue weighted by Crippen LogP contribution is 2.25. The largest absolute Gasteiger partial charge is 0.481 e. The topological polar surface area (TPSA) is 50.2 Å². The molecular formula is C9H13NO2S. The lowest BCUT2D eigenvalue weighted by molar-refractivity contribution is -0.139. The van der Waals surface area contributed by atoms with Crippen LogP contribution in [0.25, 0.3) is 0 Å². The molecule has 13 heavy (non-hydrogen) atoms. The van der Waals surface area contributed by atoms with E-state index in [1.165, 1.54) is 11.3 Å². The molecule has 0 bridgehead atoms. The zero-order chi connectivity index (χ0) is 9.84. The fraction of sp³-hybridized carbons (Fsp3) is 0.556. The van der Waals surface area contributed by atoms with Crippen molar-refractivity contribution in [2.45, 2.75) is 26.2 Å². The van der Waals surface area contributed by atoms with Crippen LogP contribution in [0.4, 0.5) is 0 Å². The minimum absolute atomic E-state index is 0.380. The molecule has 1 rings (SSSR count). The van der Waals surface area contributed by atoms with E-state index in [9.17, 15) is 4.79 Å². The normalized spacial score (nSPS) is 13.2. The summed E-state index contributed by atoms with van der Waals surface area (Å²) < 4.78 is 0. The Bertz CT molecular complexity index is 269. The summed E-state index contributed by atoms with van der Waals surface area (Å²) in [7, 11) is 0. The maximum atomic E-state index is 10.9. The number of hydrogen-bond acceptors (Lipinski definition) is 3. The summed E-state index contributed by atoms with van der Waals surface area (Å²) in [4.78, 5) is 14.9. The fourth-order valence-corrected chi connectivity index (χ4v) is 1.93. The van der Waals surface area contributed by atoms with E-state index in [4.69, 9.17) is 5.11 Å². The molecule has 0 radical (unpaired) electrons. The Morgan fingerprint density at radius 1 is 1.69 bits per heavy atom. The third-order valence-corrected chi connectivity index (χ3v) is 2.64. The molecule has 1 N–H and O–H groups in total. The summed E-state index contributed by atoms with van der Waals surface area (Å²) in [6.07, 6.45) is 2.30. The van der Waals surface area contributed by atoms with Crippen LogP contribution in [0.3, 0.4) is 0 Å². The molecule has 1 aromatic rings. The molecule has 0 aromatic carbocycles. The number of carbonyl (C=O) groups is 1. The van der Waals surface area contributed by atoms with Gasteiger partial charge >= 0.3 is 5.97 Å². The van der Waals surface area contributed by atoms with E-state index < -0.39 is 11.9 Å². The molecule has 1 atom stereocenters. The van der Waals surface area contributed by atoms with Crippen molar-refractivity contribution in [2.24, 2.45) is 5.92 Å². The zero-order valence-corrected chi connectivity index (χ0v) is 8.54. The van der Waals surface area contributed by atoms with Crippen molar-refractivity contribution in [3.63, 3.8) is 0 Å². The van der Waals surface area contributed by atoms with Crippen LogP contribution in [-0.2, 0) is 4.79 Å². The lowest BCUT2D eigenvalue weighted by Gasteiger charge is -2.11. The number of aliphatic carboxylic acids is 1. The minimum Gasteiger partial charge on any atom is -0.481 e. The van der Waals surface area contributed by atoms with Crippen LogP contribution in [0, 0.1) is 5.92 Å². The molecule has 0 amide bonds. The van der Waals surface area contributed by atoms with Crippen molar-refractivity contribution in [3.8, 4) is 0 Å². The average Bonchev–Trinajstić information content (AvgIpc) is 2.50. The van der Waals surface area contributed by atoms with Crippen molar-refractivity contribution < 1.29 is 9.90 Å². The van der Waals surface area contributed by atoms with Gasteiger partial charge in [-0.2, -0.15) is 0 Å². The van der Waals surface area contributed by atoms with Gasteiger partial charge in [-0.05, 0) is 12.3 Å². The Labute approximate surface area is 81.4 Å². The molecule has 0 aliphatic rings. The molecule has 4 heteroatoms. The van der Waals surface area contributed by atoms with Gasteiger partial charge in [0.2, 0.25) is 0 Å². The Morgan fingerprint density at radius 3 is 2.77 bits per heavy atom. The van der Waals surface area contributed by atoms with E-state index in [1.54, 1.807) is 6.20 Å². The van der Waals surface area contributed by atoms with Crippen LogP contribution in [0.2, 0.25) is 0 Å². The summed E-state index contributed by atoms with van der Waals surface area (Å²) in [5.74, 6) is -0.825. The van der Waals surface area contributed by atoms with E-state index >= 15 is 0 Å². The predicted molar refractivity (Wildman–Crippen MR) is 51.9 cm³/mol. The SMILES string of the molecule is CC(C)CC(C(=O)O)c1nccs1. The molecule has 3 nitrogen and oxygen atoms in total. The van der Waals surface area contributed by atoms with Gasteiger partial charge in [0.1, 0.15) is 10.9 Å². The van der Waals surface area contributed by atoms with Crippen molar-refractivity contribution in [2.75, 3.05) is 0 Å². The molecule has 0 fully saturated rings. The van der Waals surface area contributed by atoms with Gasteiger partial charge in [0.25, 0.3) is 0 Å². The van der Waals surface area contributed by atoms with Crippen LogP contribution in [0.5, 0.6) is 0 Å². The second kappa shape index (κ2) is 4.37. The smallest absolute Gasteiger partial charge is 0.313 e. The van der Waals surface area contributed by atoms with Crippen LogP contribution in [0.15, 0.2) is 11.6 Å². The molecule has 0 saturated carbocycles. The van der Waals surface area contributed by atoms with Gasteiger partial charge in [-0.1, -0.05) is 13.8 Å². The summed E-state index contributed by atoms with van der Waals surface area (Å²) >= 11 is 1.41. The van der Waals surface area contributed by atoms with Gasteiger partial charge in [-0.15, -0.1) is 11.3 Å². The van der Waals surface area contributed by atoms with Crippen LogP contribution < -0.4 is 0 Å². The summed E-state index contributed by atoms with van der Waals surface area (Å²) in [5.41, 5.74) is 0. The number of carboxylic acids is 1. The number of rotatable bonds is 4. The van der Waals surface area contributed by atoms with Gasteiger partial charge < -0.3 is 5.11 Å². The molecule has 1 unspecified atom stereocenters. The second-order valence-corrected chi connectivity index (χ2v) is 4.32. The first kappa shape index (κ1) is 10.2. The van der Waals surface area contributed by atoms with Gasteiger partial charge in [0.05, 0.1) is 0 Å². The standard InChI is InChI=1S/C9H13NO2S/c1-6(2)5-7(9(11)12)8-10-3-4-13-8/h3-4,6-7H,5H2,1-2H3,(H,11,12). The minimum atomic E-state index is -0.774. The summed E-state index contributed by atoms with van der Waals surface area (Å²) in [6, 6.07) is 0. The molecule has 72 valence electrons. The molecule has 0 saturated heterocycles. The van der Waals surface area contributed by atoms with Crippen LogP contribution in [-0.4, -0.2) is 16.1 Å². The maximum absolute atomic E-state index is 10.9. The molecule has 0 spiro atoms. The first-order valence-corrected chi connectivity index (χ1v) is 5.11. The monoisotopic (exact) mass is 199 g/mol. The van der Waals surface area contributed by atoms with Gasteiger partial charge in [0.15, 0.2) is 0 Å². The highest BCUT2D eigenvalue weighted by Gasteiger charge is 2.22. The van der Waals surface area contributed by atoms with E-state index in [1.807, 2.05) is 19.2 Å². The number of hydrogen-bond donors (Lipinski definition) is 1. The third kappa shape index (κ3) is 2.81. The third-order valence-electron chi connectivity index (χ3n) is 1.75. The van der Waals surface area contributed by atoms with E-state index in [2.05, 4.69) is 4.98 Å². The number of thiazole rings is 1. The van der Waals surface area contributed by atoms with Crippen molar-refractivity contribution in [1.29, 1.82) is 0 Å². The Balaban J connectivity index is 2.75. The lowest BCUT2D eigenvalue weighted by Crippen LogP contribution is -2.13. The van der Waals surface area contributed by atoms with Gasteiger partial charge in [0, 0.05) is 11.6 Å². The number of nitrogens with zero attached hydrogens (tertiary/aromatic N) is 1. The molecule has 1 heterocycles. The molecule has 1 aromatic heterocycles. The van der Waals surface area contributed by atoms with Crippen molar-refractivity contribution in [1.82, 2.24) is 4.98 Å². The highest BCUT2D eigenvalue weighted by atomic mass is 32.1. The fourth-order valence-electron chi connectivity index (χ4n) is 1.19. The second-order valence-electron chi connectivity index (χ2n) is 3.39. The van der Waals surface area contributed by atoms with Gasteiger partial charge in [-0.25, -0.2) is 4.98 Å². The summed E-state index contributed by atoms with van der Waals surface area (Å²) in [6.45, 7) is 4.03. The maximum Gasteiger partial charge on any atom is 0.313 e. The number of carboxylic acid groups (broad SMARTS) is 1. The van der Waals surface area contributed by atoms with E-state index in [-0.39, 0.29) is 0 Å². The van der Waals surface area contributed by atoms with Gasteiger partial charge in [-0.3, -0.25) is 4.79 Å². The van der Waals surface area contributed by atoms with Crippen molar-refractivity contribution in [3.05, 3.63) is 16.6 Å². The first-order chi connectivity index (χ1) is 6.11. The quantitative estimate of drug-likeness (QED) is 0.809. The molecule has 0 aliphatic carbocycles. The lowest BCUT2D eigenvalue weighted by atomic mass is 9.98. The van der Waals surface area contributed by atoms with E-state index in [0.717, 1.165) is 0 Å². The van der Waals surface area contributed by atoms with Crippen molar-refractivity contribution >= 4 is 17.3 Å². The Hall–Kier alpha value is -0.900. The highest BCUT2D eigenvalue weighted by molar-refractivity contribution is 7.09. The molecule has 0 aliphatic heterocycles. The average molecular weight is 199 g/mol. The van der Waals surface area contributed by atoms with E-state index in [0.29, 0.717) is 17.3 Å². The predicted octanol–water partition coefficient (Wildman–Crippen LogP) is 2.36. The Morgan fingerprint density at radius 2 is 2.38 bits per heavy atom. The zero-order valence-electron chi connectivity index (χ0n) is 7.73. The van der Waals surface area contributed by atoms with Crippen LogP contribution >= 0.6 is 11.3 Å². The molecular weight excluding hydrogens is 186 g/mol. The number of aromatic nitrogens is 1.